The lowest BCUT2D eigenvalue weighted by molar-refractivity contribution is 0.249. The van der Waals surface area contributed by atoms with Crippen molar-refractivity contribution >= 4 is 5.65 Å². The highest BCUT2D eigenvalue weighted by Gasteiger charge is 2.21. The molecule has 0 N–H and O–H groups in total. The summed E-state index contributed by atoms with van der Waals surface area (Å²) in [5, 5.41) is 0. The van der Waals surface area contributed by atoms with Crippen molar-refractivity contribution in [1.82, 2.24) is 14.3 Å². The number of rotatable bonds is 3. The van der Waals surface area contributed by atoms with Gasteiger partial charge >= 0.3 is 0 Å². The Bertz CT molecular complexity index is 561. The van der Waals surface area contributed by atoms with Crippen LogP contribution in [-0.2, 0) is 13.0 Å². The average molecular weight is 245 g/mol. The molecule has 2 aromatic heterocycles. The zero-order chi connectivity index (χ0) is 12.5. The minimum Gasteiger partial charge on any atom is -0.493 e. The molecule has 3 heterocycles. The van der Waals surface area contributed by atoms with E-state index in [2.05, 4.69) is 22.4 Å². The van der Waals surface area contributed by atoms with Gasteiger partial charge in [0.05, 0.1) is 18.5 Å². The van der Waals surface area contributed by atoms with Crippen LogP contribution in [0.15, 0.2) is 18.3 Å². The Balaban J connectivity index is 2.05. The fourth-order valence-corrected chi connectivity index (χ4v) is 2.73. The van der Waals surface area contributed by atoms with Crippen molar-refractivity contribution in [1.29, 1.82) is 0 Å². The zero-order valence-corrected chi connectivity index (χ0v) is 11.0. The summed E-state index contributed by atoms with van der Waals surface area (Å²) in [5.74, 6) is 0.856. The van der Waals surface area contributed by atoms with Gasteiger partial charge in [0.15, 0.2) is 11.4 Å². The van der Waals surface area contributed by atoms with Crippen molar-refractivity contribution in [2.75, 3.05) is 20.2 Å². The first-order valence-corrected chi connectivity index (χ1v) is 6.58. The fraction of sp³-hybridized carbons (Fsp3) is 0.500. The highest BCUT2D eigenvalue weighted by Crippen LogP contribution is 2.25. The highest BCUT2D eigenvalue weighted by molar-refractivity contribution is 5.56. The first-order chi connectivity index (χ1) is 8.83. The Morgan fingerprint density at radius 2 is 2.33 bits per heavy atom. The van der Waals surface area contributed by atoms with E-state index in [1.165, 1.54) is 17.8 Å². The summed E-state index contributed by atoms with van der Waals surface area (Å²) >= 11 is 0. The third kappa shape index (κ3) is 1.77. The van der Waals surface area contributed by atoms with Crippen molar-refractivity contribution in [3.05, 3.63) is 29.7 Å². The molecule has 0 atom stereocenters. The Labute approximate surface area is 107 Å². The van der Waals surface area contributed by atoms with E-state index in [0.717, 1.165) is 37.5 Å². The zero-order valence-electron chi connectivity index (χ0n) is 11.0. The molecule has 0 saturated carbocycles. The van der Waals surface area contributed by atoms with Crippen LogP contribution in [0, 0.1) is 0 Å². The van der Waals surface area contributed by atoms with E-state index < -0.39 is 0 Å². The maximum atomic E-state index is 5.38. The van der Waals surface area contributed by atoms with E-state index in [4.69, 9.17) is 9.72 Å². The molecule has 18 heavy (non-hydrogen) atoms. The topological polar surface area (TPSA) is 29.8 Å². The second-order valence-electron chi connectivity index (χ2n) is 4.80. The van der Waals surface area contributed by atoms with E-state index in [0.29, 0.717) is 0 Å². The van der Waals surface area contributed by atoms with Gasteiger partial charge in [-0.1, -0.05) is 6.92 Å². The quantitative estimate of drug-likeness (QED) is 0.829. The lowest BCUT2D eigenvalue weighted by Gasteiger charge is -2.25. The van der Waals surface area contributed by atoms with E-state index in [9.17, 15) is 0 Å². The van der Waals surface area contributed by atoms with Crippen LogP contribution in [0.2, 0.25) is 0 Å². The van der Waals surface area contributed by atoms with Crippen LogP contribution in [0.25, 0.3) is 5.65 Å². The maximum Gasteiger partial charge on any atom is 0.180 e. The SMILES string of the molecule is CCCN1CCc2nc3c(OC)cccn3c2C1. The summed E-state index contributed by atoms with van der Waals surface area (Å²) < 4.78 is 7.56. The van der Waals surface area contributed by atoms with Crippen LogP contribution >= 0.6 is 0 Å². The van der Waals surface area contributed by atoms with Gasteiger partial charge in [0.2, 0.25) is 0 Å². The third-order valence-electron chi connectivity index (χ3n) is 3.59. The van der Waals surface area contributed by atoms with Crippen LogP contribution in [0.3, 0.4) is 0 Å². The molecule has 0 aromatic carbocycles. The molecule has 0 fully saturated rings. The van der Waals surface area contributed by atoms with E-state index in [1.807, 2.05) is 12.1 Å². The van der Waals surface area contributed by atoms with Crippen molar-refractivity contribution in [2.45, 2.75) is 26.3 Å². The number of pyridine rings is 1. The molecular formula is C14H19N3O. The highest BCUT2D eigenvalue weighted by atomic mass is 16.5. The number of methoxy groups -OCH3 is 1. The number of imidazole rings is 1. The number of nitrogens with zero attached hydrogens (tertiary/aromatic N) is 3. The molecule has 4 nitrogen and oxygen atoms in total. The van der Waals surface area contributed by atoms with Crippen LogP contribution in [0.4, 0.5) is 0 Å². The van der Waals surface area contributed by atoms with Crippen molar-refractivity contribution in [2.24, 2.45) is 0 Å². The molecule has 0 amide bonds. The third-order valence-corrected chi connectivity index (χ3v) is 3.59. The van der Waals surface area contributed by atoms with Crippen molar-refractivity contribution in [3.8, 4) is 5.75 Å². The lowest BCUT2D eigenvalue weighted by Crippen LogP contribution is -2.31. The molecule has 2 aromatic rings. The van der Waals surface area contributed by atoms with Gasteiger partial charge in [-0.3, -0.25) is 9.30 Å². The summed E-state index contributed by atoms with van der Waals surface area (Å²) in [5.41, 5.74) is 3.50. The first kappa shape index (κ1) is 11.5. The predicted molar refractivity (Wildman–Crippen MR) is 71.0 cm³/mol. The second kappa shape index (κ2) is 4.61. The van der Waals surface area contributed by atoms with Gasteiger partial charge < -0.3 is 4.74 Å². The Morgan fingerprint density at radius 1 is 1.44 bits per heavy atom. The molecule has 0 unspecified atom stereocenters. The normalized spacial score (nSPS) is 15.9. The van der Waals surface area contributed by atoms with Gasteiger partial charge in [0.25, 0.3) is 0 Å². The Morgan fingerprint density at radius 3 is 3.11 bits per heavy atom. The maximum absolute atomic E-state index is 5.38. The van der Waals surface area contributed by atoms with Gasteiger partial charge in [0.1, 0.15) is 0 Å². The molecule has 0 aliphatic carbocycles. The average Bonchev–Trinajstić information content (AvgIpc) is 2.77. The monoisotopic (exact) mass is 245 g/mol. The molecule has 3 rings (SSSR count). The van der Waals surface area contributed by atoms with E-state index in [1.54, 1.807) is 7.11 Å². The minimum atomic E-state index is 0.856. The van der Waals surface area contributed by atoms with Crippen LogP contribution < -0.4 is 4.74 Å². The Hall–Kier alpha value is -1.55. The molecule has 0 radical (unpaired) electrons. The van der Waals surface area contributed by atoms with Crippen LogP contribution in [0.1, 0.15) is 24.7 Å². The molecule has 0 spiro atoms. The van der Waals surface area contributed by atoms with Gasteiger partial charge in [-0.25, -0.2) is 4.98 Å². The number of fused-ring (bicyclic) bond motifs is 3. The summed E-state index contributed by atoms with van der Waals surface area (Å²) in [6.07, 6.45) is 4.33. The summed E-state index contributed by atoms with van der Waals surface area (Å²) in [7, 11) is 1.70. The second-order valence-corrected chi connectivity index (χ2v) is 4.80. The number of ether oxygens (including phenoxy) is 1. The van der Waals surface area contributed by atoms with Gasteiger partial charge in [-0.05, 0) is 25.1 Å². The van der Waals surface area contributed by atoms with Gasteiger partial charge in [-0.2, -0.15) is 0 Å². The molecule has 4 heteroatoms. The number of hydrogen-bond acceptors (Lipinski definition) is 3. The lowest BCUT2D eigenvalue weighted by atomic mass is 10.1. The first-order valence-electron chi connectivity index (χ1n) is 6.58. The molecule has 96 valence electrons. The summed E-state index contributed by atoms with van der Waals surface area (Å²) in [6, 6.07) is 3.99. The van der Waals surface area contributed by atoms with Crippen molar-refractivity contribution in [3.63, 3.8) is 0 Å². The smallest absolute Gasteiger partial charge is 0.180 e. The molecular weight excluding hydrogens is 226 g/mol. The molecule has 1 aliphatic heterocycles. The van der Waals surface area contributed by atoms with E-state index in [-0.39, 0.29) is 0 Å². The van der Waals surface area contributed by atoms with Gasteiger partial charge in [-0.15, -0.1) is 0 Å². The number of aromatic nitrogens is 2. The largest absolute Gasteiger partial charge is 0.493 e. The standard InChI is InChI=1S/C14H19N3O/c1-3-7-16-9-6-11-12(10-16)17-8-4-5-13(18-2)14(17)15-11/h4-5,8H,3,6-7,9-10H2,1-2H3. The summed E-state index contributed by atoms with van der Waals surface area (Å²) in [4.78, 5) is 7.23. The van der Waals surface area contributed by atoms with Crippen molar-refractivity contribution < 1.29 is 4.74 Å². The summed E-state index contributed by atoms with van der Waals surface area (Å²) in [6.45, 7) is 5.51. The minimum absolute atomic E-state index is 0.856. The van der Waals surface area contributed by atoms with E-state index >= 15 is 0 Å². The number of hydrogen-bond donors (Lipinski definition) is 0. The molecule has 1 aliphatic rings. The van der Waals surface area contributed by atoms with Crippen LogP contribution in [0.5, 0.6) is 5.75 Å². The van der Waals surface area contributed by atoms with Gasteiger partial charge in [0, 0.05) is 25.7 Å². The Kier molecular flexibility index (Phi) is 2.96. The fourth-order valence-electron chi connectivity index (χ4n) is 2.73. The molecule has 0 saturated heterocycles. The molecule has 0 bridgehead atoms. The predicted octanol–water partition coefficient (Wildman–Crippen LogP) is 2.11. The van der Waals surface area contributed by atoms with Crippen LogP contribution in [-0.4, -0.2) is 34.5 Å².